The topological polar surface area (TPSA) is 49.8 Å². The van der Waals surface area contributed by atoms with E-state index in [4.69, 9.17) is 0 Å². The van der Waals surface area contributed by atoms with E-state index >= 15 is 0 Å². The number of aromatic nitrogens is 2. The summed E-state index contributed by atoms with van der Waals surface area (Å²) in [5, 5.41) is 5.43. The van der Waals surface area contributed by atoms with Crippen LogP contribution in [-0.4, -0.2) is 9.97 Å². The van der Waals surface area contributed by atoms with Gasteiger partial charge in [0.05, 0.1) is 0 Å². The highest BCUT2D eigenvalue weighted by Gasteiger charge is 2.35. The van der Waals surface area contributed by atoms with Gasteiger partial charge in [-0.15, -0.1) is 0 Å². The molecule has 152 valence electrons. The van der Waals surface area contributed by atoms with Crippen LogP contribution in [0.15, 0.2) is 54.7 Å². The summed E-state index contributed by atoms with van der Waals surface area (Å²) in [6, 6.07) is 12.7. The van der Waals surface area contributed by atoms with Crippen LogP contribution >= 0.6 is 0 Å². The molecule has 0 aliphatic carbocycles. The van der Waals surface area contributed by atoms with Crippen LogP contribution in [0.5, 0.6) is 0 Å². The van der Waals surface area contributed by atoms with Gasteiger partial charge in [0.1, 0.15) is 17.2 Å². The molecule has 29 heavy (non-hydrogen) atoms. The Bertz CT molecular complexity index is 956. The summed E-state index contributed by atoms with van der Waals surface area (Å²) < 4.78 is 53.3. The molecule has 1 heterocycles. The van der Waals surface area contributed by atoms with Crippen molar-refractivity contribution in [3.63, 3.8) is 0 Å². The van der Waals surface area contributed by atoms with Crippen molar-refractivity contribution >= 4 is 23.1 Å². The predicted molar refractivity (Wildman–Crippen MR) is 105 cm³/mol. The van der Waals surface area contributed by atoms with Gasteiger partial charge >= 0.3 is 6.18 Å². The lowest BCUT2D eigenvalue weighted by atomic mass is 10.1. The van der Waals surface area contributed by atoms with E-state index < -0.39 is 23.4 Å². The SMILES string of the molecule is CCCCc1ccc(Nc2ncc(C(F)(F)F)c(Nc3cccc(F)c3)n2)cc1. The van der Waals surface area contributed by atoms with Crippen LogP contribution < -0.4 is 10.6 Å². The second-order valence-electron chi connectivity index (χ2n) is 6.51. The summed E-state index contributed by atoms with van der Waals surface area (Å²) in [5.41, 5.74) is 0.948. The van der Waals surface area contributed by atoms with Gasteiger partial charge in [-0.05, 0) is 48.7 Å². The van der Waals surface area contributed by atoms with Gasteiger partial charge in [0, 0.05) is 17.6 Å². The first-order chi connectivity index (χ1) is 13.8. The standard InChI is InChI=1S/C21H20F4N4/c1-2-3-5-14-8-10-16(11-9-14)28-20-26-13-18(21(23,24)25)19(29-20)27-17-7-4-6-15(22)12-17/h4,6-13H,2-3,5H2,1H3,(H2,26,27,28,29). The Labute approximate surface area is 166 Å². The van der Waals surface area contributed by atoms with Crippen molar-refractivity contribution in [3.05, 3.63) is 71.7 Å². The molecular formula is C21H20F4N4. The van der Waals surface area contributed by atoms with E-state index in [0.29, 0.717) is 11.9 Å². The van der Waals surface area contributed by atoms with E-state index in [1.807, 2.05) is 24.3 Å². The molecule has 0 aliphatic rings. The number of hydrogen-bond donors (Lipinski definition) is 2. The number of nitrogens with one attached hydrogen (secondary N) is 2. The number of nitrogens with zero attached hydrogens (tertiary/aromatic N) is 2. The Hall–Kier alpha value is -3.16. The van der Waals surface area contributed by atoms with Crippen molar-refractivity contribution in [2.24, 2.45) is 0 Å². The molecule has 0 aliphatic heterocycles. The van der Waals surface area contributed by atoms with E-state index in [1.54, 1.807) is 0 Å². The largest absolute Gasteiger partial charge is 0.421 e. The number of alkyl halides is 3. The second-order valence-corrected chi connectivity index (χ2v) is 6.51. The van der Waals surface area contributed by atoms with Crippen LogP contribution in [0.25, 0.3) is 0 Å². The number of halogens is 4. The third-order valence-corrected chi connectivity index (χ3v) is 4.21. The fourth-order valence-corrected chi connectivity index (χ4v) is 2.71. The van der Waals surface area contributed by atoms with Crippen LogP contribution in [0.1, 0.15) is 30.9 Å². The minimum atomic E-state index is -4.66. The number of benzene rings is 2. The predicted octanol–water partition coefficient (Wildman–Crippen LogP) is 6.46. The van der Waals surface area contributed by atoms with Gasteiger partial charge in [-0.3, -0.25) is 0 Å². The van der Waals surface area contributed by atoms with E-state index in [0.717, 1.165) is 25.3 Å². The first-order valence-corrected chi connectivity index (χ1v) is 9.18. The highest BCUT2D eigenvalue weighted by atomic mass is 19.4. The van der Waals surface area contributed by atoms with Crippen molar-refractivity contribution in [2.75, 3.05) is 10.6 Å². The van der Waals surface area contributed by atoms with Gasteiger partial charge < -0.3 is 10.6 Å². The van der Waals surface area contributed by atoms with Gasteiger partial charge in [0.25, 0.3) is 0 Å². The van der Waals surface area contributed by atoms with Crippen molar-refractivity contribution in [1.82, 2.24) is 9.97 Å². The van der Waals surface area contributed by atoms with Crippen molar-refractivity contribution < 1.29 is 17.6 Å². The van der Waals surface area contributed by atoms with Gasteiger partial charge in [-0.2, -0.15) is 18.2 Å². The smallest absolute Gasteiger partial charge is 0.339 e. The molecule has 3 aromatic rings. The quantitative estimate of drug-likeness (QED) is 0.444. The minimum absolute atomic E-state index is 0.00166. The molecule has 0 amide bonds. The Morgan fingerprint density at radius 3 is 2.38 bits per heavy atom. The number of aryl methyl sites for hydroxylation is 1. The van der Waals surface area contributed by atoms with E-state index in [9.17, 15) is 17.6 Å². The lowest BCUT2D eigenvalue weighted by molar-refractivity contribution is -0.137. The molecule has 0 saturated carbocycles. The fraction of sp³-hybridized carbons (Fsp3) is 0.238. The number of rotatable bonds is 7. The maximum Gasteiger partial charge on any atom is 0.421 e. The molecular weight excluding hydrogens is 384 g/mol. The Kier molecular flexibility index (Phi) is 6.31. The van der Waals surface area contributed by atoms with Crippen LogP contribution in [0.4, 0.5) is 40.7 Å². The maximum absolute atomic E-state index is 13.4. The summed E-state index contributed by atoms with van der Waals surface area (Å²) >= 11 is 0. The molecule has 4 nitrogen and oxygen atoms in total. The zero-order valence-electron chi connectivity index (χ0n) is 15.7. The maximum atomic E-state index is 13.4. The van der Waals surface area contributed by atoms with Crippen LogP contribution in [0.3, 0.4) is 0 Å². The summed E-state index contributed by atoms with van der Waals surface area (Å²) in [4.78, 5) is 7.73. The Balaban J connectivity index is 1.84. The molecule has 2 N–H and O–H groups in total. The van der Waals surface area contributed by atoms with E-state index in [-0.39, 0.29) is 11.6 Å². The summed E-state index contributed by atoms with van der Waals surface area (Å²) in [6.07, 6.45) is -0.804. The van der Waals surface area contributed by atoms with Gasteiger partial charge in [-0.1, -0.05) is 31.5 Å². The molecule has 0 spiro atoms. The zero-order valence-corrected chi connectivity index (χ0v) is 15.7. The van der Waals surface area contributed by atoms with Crippen LogP contribution in [0, 0.1) is 5.82 Å². The Morgan fingerprint density at radius 1 is 0.966 bits per heavy atom. The van der Waals surface area contributed by atoms with E-state index in [1.165, 1.54) is 23.8 Å². The third kappa shape index (κ3) is 5.66. The molecule has 8 heteroatoms. The van der Waals surface area contributed by atoms with Crippen molar-refractivity contribution in [1.29, 1.82) is 0 Å². The second kappa shape index (κ2) is 8.89. The average Bonchev–Trinajstić information content (AvgIpc) is 2.67. The summed E-state index contributed by atoms with van der Waals surface area (Å²) in [6.45, 7) is 2.12. The normalized spacial score (nSPS) is 11.3. The van der Waals surface area contributed by atoms with E-state index in [2.05, 4.69) is 27.5 Å². The molecule has 0 radical (unpaired) electrons. The van der Waals surface area contributed by atoms with Crippen LogP contribution in [-0.2, 0) is 12.6 Å². The molecule has 1 aromatic heterocycles. The molecule has 0 atom stereocenters. The summed E-state index contributed by atoms with van der Waals surface area (Å²) in [5.74, 6) is -1.03. The van der Waals surface area contributed by atoms with Gasteiger partial charge in [0.2, 0.25) is 5.95 Å². The lowest BCUT2D eigenvalue weighted by Crippen LogP contribution is -2.12. The molecule has 2 aromatic carbocycles. The molecule has 0 fully saturated rings. The van der Waals surface area contributed by atoms with Crippen molar-refractivity contribution in [3.8, 4) is 0 Å². The number of anilines is 4. The number of hydrogen-bond acceptors (Lipinski definition) is 4. The number of unbranched alkanes of at least 4 members (excludes halogenated alkanes) is 1. The fourth-order valence-electron chi connectivity index (χ4n) is 2.71. The highest BCUT2D eigenvalue weighted by Crippen LogP contribution is 2.35. The van der Waals surface area contributed by atoms with Gasteiger partial charge in [-0.25, -0.2) is 9.37 Å². The minimum Gasteiger partial charge on any atom is -0.339 e. The van der Waals surface area contributed by atoms with Gasteiger partial charge in [0.15, 0.2) is 0 Å². The molecule has 0 bridgehead atoms. The first kappa shape index (κ1) is 20.6. The van der Waals surface area contributed by atoms with Crippen molar-refractivity contribution in [2.45, 2.75) is 32.4 Å². The third-order valence-electron chi connectivity index (χ3n) is 4.21. The summed E-state index contributed by atoms with van der Waals surface area (Å²) in [7, 11) is 0. The zero-order chi connectivity index (χ0) is 20.9. The monoisotopic (exact) mass is 404 g/mol. The molecule has 0 unspecified atom stereocenters. The lowest BCUT2D eigenvalue weighted by Gasteiger charge is -2.15. The van der Waals surface area contributed by atoms with Crippen LogP contribution in [0.2, 0.25) is 0 Å². The average molecular weight is 404 g/mol. The first-order valence-electron chi connectivity index (χ1n) is 9.18. The highest BCUT2D eigenvalue weighted by molar-refractivity contribution is 5.63. The Morgan fingerprint density at radius 2 is 1.72 bits per heavy atom. The molecule has 0 saturated heterocycles. The molecule has 3 rings (SSSR count).